The first kappa shape index (κ1) is 22.4. The first-order chi connectivity index (χ1) is 10.4. The lowest BCUT2D eigenvalue weighted by molar-refractivity contribution is -0.137. The van der Waals surface area contributed by atoms with Gasteiger partial charge >= 0.3 is 7.82 Å². The molecule has 0 aliphatic heterocycles. The van der Waals surface area contributed by atoms with E-state index in [-0.39, 0.29) is 24.9 Å². The zero-order valence-corrected chi connectivity index (χ0v) is 15.1. The topological polar surface area (TPSA) is 145 Å². The highest BCUT2D eigenvalue weighted by atomic mass is 32.1. The minimum Gasteiger partial charge on any atom is -0.383 e. The Morgan fingerprint density at radius 3 is 2.39 bits per heavy atom. The molecule has 5 N–H and O–H groups in total. The van der Waals surface area contributed by atoms with Crippen LogP contribution in [0.5, 0.6) is 0 Å². The molecule has 0 aliphatic carbocycles. The van der Waals surface area contributed by atoms with Gasteiger partial charge in [-0.1, -0.05) is 13.8 Å². The van der Waals surface area contributed by atoms with Crippen molar-refractivity contribution in [2.24, 2.45) is 5.41 Å². The van der Waals surface area contributed by atoms with E-state index in [0.29, 0.717) is 5.75 Å². The first-order valence-corrected chi connectivity index (χ1v) is 9.11. The van der Waals surface area contributed by atoms with Gasteiger partial charge in [-0.05, 0) is 6.92 Å². The summed E-state index contributed by atoms with van der Waals surface area (Å²) in [5, 5.41) is 15.0. The fourth-order valence-electron chi connectivity index (χ4n) is 1.47. The third kappa shape index (κ3) is 9.95. The molecule has 9 nitrogen and oxygen atoms in total. The summed E-state index contributed by atoms with van der Waals surface area (Å²) in [5.41, 5.74) is -1.21. The molecule has 11 heteroatoms. The Morgan fingerprint density at radius 1 is 1.35 bits per heavy atom. The molecule has 0 aromatic heterocycles. The molecule has 0 saturated heterocycles. The molecule has 0 spiro atoms. The molecule has 0 aliphatic rings. The van der Waals surface area contributed by atoms with Crippen LogP contribution in [-0.4, -0.2) is 57.8 Å². The molecule has 0 rings (SSSR count). The molecule has 2 atom stereocenters. The molecule has 0 heterocycles. The lowest BCUT2D eigenvalue weighted by atomic mass is 9.87. The van der Waals surface area contributed by atoms with Gasteiger partial charge in [0.15, 0.2) is 0 Å². The quantitative estimate of drug-likeness (QED) is 0.222. The number of phosphoric acid groups is 1. The van der Waals surface area contributed by atoms with Gasteiger partial charge in [-0.3, -0.25) is 14.1 Å². The van der Waals surface area contributed by atoms with E-state index in [9.17, 15) is 19.3 Å². The predicted octanol–water partition coefficient (Wildman–Crippen LogP) is -0.576. The number of hydrogen-bond donors (Lipinski definition) is 6. The second kappa shape index (κ2) is 9.61. The van der Waals surface area contributed by atoms with Crippen LogP contribution in [0, 0.1) is 5.41 Å². The standard InChI is InChI=1S/C12H25N2O7PS/c1-8(6-23)14-9(15)4-5-13-11(17)10(16)12(2,3)7-21-22(18,19)20/h8,10,16,23H,4-7H2,1-3H3,(H,13,17)(H,14,15)(H2,18,19,20)/t8?,10-/m0/s1. The molecule has 0 fully saturated rings. The fraction of sp³-hybridized carbons (Fsp3) is 0.833. The Labute approximate surface area is 140 Å². The van der Waals surface area contributed by atoms with Gasteiger partial charge in [0.05, 0.1) is 6.61 Å². The van der Waals surface area contributed by atoms with E-state index in [1.807, 2.05) is 0 Å². The van der Waals surface area contributed by atoms with Crippen LogP contribution >= 0.6 is 20.5 Å². The number of rotatable bonds is 10. The van der Waals surface area contributed by atoms with E-state index in [4.69, 9.17) is 9.79 Å². The van der Waals surface area contributed by atoms with Gasteiger partial charge in [0, 0.05) is 30.2 Å². The minimum absolute atomic E-state index is 0.0243. The van der Waals surface area contributed by atoms with Gasteiger partial charge in [0.25, 0.3) is 0 Å². The highest BCUT2D eigenvalue weighted by Gasteiger charge is 2.35. The van der Waals surface area contributed by atoms with E-state index >= 15 is 0 Å². The summed E-state index contributed by atoms with van der Waals surface area (Å²) in [6, 6.07) is -0.0872. The van der Waals surface area contributed by atoms with Crippen molar-refractivity contribution in [1.82, 2.24) is 10.6 Å². The maximum atomic E-state index is 11.8. The summed E-state index contributed by atoms with van der Waals surface area (Å²) in [6.45, 7) is 4.15. The Kier molecular flexibility index (Phi) is 9.34. The number of phosphoric ester groups is 1. The normalized spacial score (nSPS) is 14.9. The Morgan fingerprint density at radius 2 is 1.91 bits per heavy atom. The van der Waals surface area contributed by atoms with Crippen molar-refractivity contribution in [2.45, 2.75) is 39.3 Å². The van der Waals surface area contributed by atoms with E-state index in [2.05, 4.69) is 27.8 Å². The third-order valence-corrected chi connectivity index (χ3v) is 3.94. The summed E-state index contributed by atoms with van der Waals surface area (Å²) in [7, 11) is -4.69. The van der Waals surface area contributed by atoms with Crippen molar-refractivity contribution in [2.75, 3.05) is 18.9 Å². The summed E-state index contributed by atoms with van der Waals surface area (Å²) < 4.78 is 15.0. The van der Waals surface area contributed by atoms with Crippen LogP contribution < -0.4 is 10.6 Å². The van der Waals surface area contributed by atoms with Gasteiger partial charge in [0.1, 0.15) is 6.10 Å². The van der Waals surface area contributed by atoms with Crippen LogP contribution in [0.3, 0.4) is 0 Å². The Balaban J connectivity index is 4.28. The summed E-state index contributed by atoms with van der Waals surface area (Å²) in [4.78, 5) is 40.6. The molecule has 0 radical (unpaired) electrons. The monoisotopic (exact) mass is 372 g/mol. The third-order valence-electron chi connectivity index (χ3n) is 2.93. The number of thiol groups is 1. The molecule has 23 heavy (non-hydrogen) atoms. The van der Waals surface area contributed by atoms with E-state index < -0.39 is 31.9 Å². The Hall–Kier alpha value is -0.640. The molecule has 0 aromatic rings. The van der Waals surface area contributed by atoms with Crippen molar-refractivity contribution >= 4 is 32.3 Å². The van der Waals surface area contributed by atoms with Gasteiger partial charge in [-0.25, -0.2) is 4.57 Å². The zero-order valence-electron chi connectivity index (χ0n) is 13.4. The summed E-state index contributed by atoms with van der Waals surface area (Å²) in [5.74, 6) is -0.519. The van der Waals surface area contributed by atoms with E-state index in [1.165, 1.54) is 13.8 Å². The van der Waals surface area contributed by atoms with Crippen molar-refractivity contribution in [3.05, 3.63) is 0 Å². The summed E-state index contributed by atoms with van der Waals surface area (Å²) >= 11 is 4.03. The molecule has 1 unspecified atom stereocenters. The number of amides is 2. The lowest BCUT2D eigenvalue weighted by Gasteiger charge is -2.29. The van der Waals surface area contributed by atoms with Gasteiger partial charge in [-0.2, -0.15) is 12.6 Å². The average Bonchev–Trinajstić information content (AvgIpc) is 2.43. The molecular formula is C12H25N2O7PS. The largest absolute Gasteiger partial charge is 0.469 e. The molecule has 0 bridgehead atoms. The number of hydrogen-bond acceptors (Lipinski definition) is 6. The first-order valence-electron chi connectivity index (χ1n) is 6.95. The van der Waals surface area contributed by atoms with Crippen LogP contribution in [-0.2, 0) is 18.7 Å². The average molecular weight is 372 g/mol. The van der Waals surface area contributed by atoms with Crippen molar-refractivity contribution < 1.29 is 33.6 Å². The van der Waals surface area contributed by atoms with Crippen molar-refractivity contribution in [3.8, 4) is 0 Å². The Bertz CT molecular complexity index is 455. The SMILES string of the molecule is CC(CS)NC(=O)CCNC(=O)[C@H](O)C(C)(C)COP(=O)(O)O. The highest BCUT2D eigenvalue weighted by Crippen LogP contribution is 2.38. The van der Waals surface area contributed by atoms with Crippen LogP contribution in [0.4, 0.5) is 0 Å². The smallest absolute Gasteiger partial charge is 0.383 e. The van der Waals surface area contributed by atoms with Crippen LogP contribution in [0.25, 0.3) is 0 Å². The summed E-state index contributed by atoms with van der Waals surface area (Å²) in [6.07, 6.45) is -1.51. The molecule has 136 valence electrons. The number of nitrogens with one attached hydrogen (secondary N) is 2. The maximum absolute atomic E-state index is 11.8. The van der Waals surface area contributed by atoms with Crippen LogP contribution in [0.1, 0.15) is 27.2 Å². The van der Waals surface area contributed by atoms with Crippen LogP contribution in [0.2, 0.25) is 0 Å². The molecule has 2 amide bonds. The lowest BCUT2D eigenvalue weighted by Crippen LogP contribution is -2.46. The minimum atomic E-state index is -4.69. The zero-order chi connectivity index (χ0) is 18.3. The fourth-order valence-corrected chi connectivity index (χ4v) is 2.07. The predicted molar refractivity (Wildman–Crippen MR) is 86.9 cm³/mol. The van der Waals surface area contributed by atoms with Gasteiger partial charge < -0.3 is 25.5 Å². The molecular weight excluding hydrogens is 347 g/mol. The highest BCUT2D eigenvalue weighted by molar-refractivity contribution is 7.80. The van der Waals surface area contributed by atoms with Gasteiger partial charge in [-0.15, -0.1) is 0 Å². The van der Waals surface area contributed by atoms with E-state index in [0.717, 1.165) is 0 Å². The molecule has 0 saturated carbocycles. The number of carbonyl (C=O) groups excluding carboxylic acids is 2. The van der Waals surface area contributed by atoms with E-state index in [1.54, 1.807) is 6.92 Å². The number of aliphatic hydroxyl groups excluding tert-OH is 1. The number of carbonyl (C=O) groups is 2. The van der Waals surface area contributed by atoms with Gasteiger partial charge in [0.2, 0.25) is 11.8 Å². The second-order valence-corrected chi connectivity index (χ2v) is 7.45. The molecule has 0 aromatic carbocycles. The maximum Gasteiger partial charge on any atom is 0.469 e. The second-order valence-electron chi connectivity index (χ2n) is 5.85. The van der Waals surface area contributed by atoms with Crippen molar-refractivity contribution in [3.63, 3.8) is 0 Å². The van der Waals surface area contributed by atoms with Crippen LogP contribution in [0.15, 0.2) is 0 Å². The number of aliphatic hydroxyl groups is 1. The van der Waals surface area contributed by atoms with Crippen molar-refractivity contribution in [1.29, 1.82) is 0 Å².